The van der Waals surface area contributed by atoms with E-state index in [1.807, 2.05) is 40.8 Å². The summed E-state index contributed by atoms with van der Waals surface area (Å²) in [5.41, 5.74) is 2.71. The van der Waals surface area contributed by atoms with Crippen molar-refractivity contribution in [2.75, 3.05) is 25.0 Å². The molecule has 4 nitrogen and oxygen atoms in total. The van der Waals surface area contributed by atoms with Crippen molar-refractivity contribution < 1.29 is 9.90 Å². The van der Waals surface area contributed by atoms with Crippen LogP contribution in [0.3, 0.4) is 0 Å². The van der Waals surface area contributed by atoms with Gasteiger partial charge in [0.05, 0.1) is 13.2 Å². The van der Waals surface area contributed by atoms with E-state index in [4.69, 9.17) is 16.7 Å². The molecule has 1 heterocycles. The highest BCUT2D eigenvalue weighted by Gasteiger charge is 2.13. The Balaban J connectivity index is 1.97. The molecule has 0 aliphatic heterocycles. The zero-order chi connectivity index (χ0) is 15.9. The first kappa shape index (κ1) is 17.0. The van der Waals surface area contributed by atoms with E-state index in [2.05, 4.69) is 5.32 Å². The van der Waals surface area contributed by atoms with E-state index in [-0.39, 0.29) is 19.1 Å². The number of rotatable bonds is 7. The lowest BCUT2D eigenvalue weighted by molar-refractivity contribution is -0.117. The van der Waals surface area contributed by atoms with Gasteiger partial charge < -0.3 is 10.4 Å². The first-order valence-electron chi connectivity index (χ1n) is 6.99. The summed E-state index contributed by atoms with van der Waals surface area (Å²) in [6, 6.07) is 7.45. The molecule has 22 heavy (non-hydrogen) atoms. The van der Waals surface area contributed by atoms with E-state index in [0.29, 0.717) is 18.1 Å². The Bertz CT molecular complexity index is 617. The highest BCUT2D eigenvalue weighted by molar-refractivity contribution is 7.07. The number of anilines is 1. The Morgan fingerprint density at radius 2 is 2.23 bits per heavy atom. The number of hydrogen-bond donors (Lipinski definition) is 2. The van der Waals surface area contributed by atoms with E-state index in [1.165, 1.54) is 0 Å². The number of nitrogens with zero attached hydrogens (tertiary/aromatic N) is 1. The molecule has 2 rings (SSSR count). The molecular formula is C16H19ClN2O2S. The van der Waals surface area contributed by atoms with Crippen LogP contribution < -0.4 is 5.32 Å². The van der Waals surface area contributed by atoms with Crippen molar-refractivity contribution >= 4 is 34.5 Å². The average molecular weight is 339 g/mol. The molecule has 0 saturated carbocycles. The summed E-state index contributed by atoms with van der Waals surface area (Å²) in [6.45, 7) is 3.22. The first-order valence-corrected chi connectivity index (χ1v) is 8.31. The molecule has 1 amide bonds. The lowest BCUT2D eigenvalue weighted by Crippen LogP contribution is -2.34. The van der Waals surface area contributed by atoms with Crippen molar-refractivity contribution in [2.45, 2.75) is 13.5 Å². The minimum Gasteiger partial charge on any atom is -0.395 e. The fourth-order valence-electron chi connectivity index (χ4n) is 2.13. The predicted molar refractivity (Wildman–Crippen MR) is 91.5 cm³/mol. The molecule has 0 radical (unpaired) electrons. The highest BCUT2D eigenvalue weighted by Crippen LogP contribution is 2.22. The number of carbonyl (C=O) groups excluding carboxylic acids is 1. The number of thiophene rings is 1. The second-order valence-electron chi connectivity index (χ2n) is 5.03. The Labute approximate surface area is 139 Å². The summed E-state index contributed by atoms with van der Waals surface area (Å²) in [5, 5.41) is 16.7. The van der Waals surface area contributed by atoms with Crippen LogP contribution in [0.4, 0.5) is 5.69 Å². The Morgan fingerprint density at radius 3 is 2.91 bits per heavy atom. The van der Waals surface area contributed by atoms with Crippen LogP contribution >= 0.6 is 22.9 Å². The number of aliphatic hydroxyl groups excluding tert-OH is 1. The monoisotopic (exact) mass is 338 g/mol. The summed E-state index contributed by atoms with van der Waals surface area (Å²) < 4.78 is 0. The van der Waals surface area contributed by atoms with Crippen LogP contribution in [-0.4, -0.2) is 35.6 Å². The van der Waals surface area contributed by atoms with E-state index in [1.54, 1.807) is 17.4 Å². The van der Waals surface area contributed by atoms with Gasteiger partial charge >= 0.3 is 0 Å². The summed E-state index contributed by atoms with van der Waals surface area (Å²) in [4.78, 5) is 14.1. The third-order valence-electron chi connectivity index (χ3n) is 3.31. The van der Waals surface area contributed by atoms with E-state index < -0.39 is 0 Å². The maximum absolute atomic E-state index is 12.2. The number of aliphatic hydroxyl groups is 1. The van der Waals surface area contributed by atoms with E-state index in [9.17, 15) is 4.79 Å². The molecule has 118 valence electrons. The number of hydrogen-bond acceptors (Lipinski definition) is 4. The molecule has 1 aromatic carbocycles. The molecule has 1 aromatic heterocycles. The van der Waals surface area contributed by atoms with Gasteiger partial charge in [0.25, 0.3) is 0 Å². The van der Waals surface area contributed by atoms with Crippen molar-refractivity contribution in [1.82, 2.24) is 4.90 Å². The summed E-state index contributed by atoms with van der Waals surface area (Å²) >= 11 is 7.67. The van der Waals surface area contributed by atoms with Crippen LogP contribution in [0.2, 0.25) is 5.02 Å². The topological polar surface area (TPSA) is 52.6 Å². The number of halogens is 1. The van der Waals surface area contributed by atoms with Gasteiger partial charge in [0.15, 0.2) is 0 Å². The maximum Gasteiger partial charge on any atom is 0.238 e. The lowest BCUT2D eigenvalue weighted by atomic mass is 10.2. The molecule has 0 atom stereocenters. The molecule has 0 spiro atoms. The summed E-state index contributed by atoms with van der Waals surface area (Å²) in [5.74, 6) is -0.117. The van der Waals surface area contributed by atoms with Gasteiger partial charge in [-0.2, -0.15) is 11.3 Å². The van der Waals surface area contributed by atoms with Gasteiger partial charge in [0.1, 0.15) is 0 Å². The van der Waals surface area contributed by atoms with Gasteiger partial charge in [-0.3, -0.25) is 9.69 Å². The molecule has 0 saturated heterocycles. The quantitative estimate of drug-likeness (QED) is 0.815. The number of carbonyl (C=O) groups is 1. The molecule has 0 fully saturated rings. The van der Waals surface area contributed by atoms with Crippen molar-refractivity contribution in [3.8, 4) is 0 Å². The number of nitrogens with one attached hydrogen (secondary N) is 1. The minimum atomic E-state index is -0.117. The van der Waals surface area contributed by atoms with Gasteiger partial charge in [-0.15, -0.1) is 0 Å². The zero-order valence-corrected chi connectivity index (χ0v) is 14.0. The average Bonchev–Trinajstić information content (AvgIpc) is 2.97. The highest BCUT2D eigenvalue weighted by atomic mass is 35.5. The largest absolute Gasteiger partial charge is 0.395 e. The molecule has 0 unspecified atom stereocenters. The van der Waals surface area contributed by atoms with Crippen LogP contribution in [0.5, 0.6) is 0 Å². The van der Waals surface area contributed by atoms with Gasteiger partial charge in [-0.25, -0.2) is 0 Å². The molecule has 2 N–H and O–H groups in total. The molecule has 0 aliphatic carbocycles. The summed E-state index contributed by atoms with van der Waals surface area (Å²) in [6.07, 6.45) is 0. The molecule has 2 aromatic rings. The van der Waals surface area contributed by atoms with Crippen LogP contribution in [0.15, 0.2) is 35.0 Å². The zero-order valence-electron chi connectivity index (χ0n) is 12.4. The van der Waals surface area contributed by atoms with Crippen molar-refractivity contribution in [1.29, 1.82) is 0 Å². The second-order valence-corrected chi connectivity index (χ2v) is 6.21. The standard InChI is InChI=1S/C16H19ClN2O2S/c1-12-14(17)3-2-4-15(12)18-16(21)10-19(6-7-20)9-13-5-8-22-11-13/h2-5,8,11,20H,6-7,9-10H2,1H3,(H,18,21). The van der Waals surface area contributed by atoms with Gasteiger partial charge in [0.2, 0.25) is 5.91 Å². The Kier molecular flexibility index (Phi) is 6.39. The predicted octanol–water partition coefficient (Wildman–Crippen LogP) is 3.14. The lowest BCUT2D eigenvalue weighted by Gasteiger charge is -2.20. The smallest absolute Gasteiger partial charge is 0.238 e. The third-order valence-corrected chi connectivity index (χ3v) is 4.45. The maximum atomic E-state index is 12.2. The van der Waals surface area contributed by atoms with Crippen LogP contribution in [0.1, 0.15) is 11.1 Å². The first-order chi connectivity index (χ1) is 10.6. The second kappa shape index (κ2) is 8.29. The fourth-order valence-corrected chi connectivity index (χ4v) is 2.97. The van der Waals surface area contributed by atoms with Gasteiger partial charge in [0, 0.05) is 23.8 Å². The van der Waals surface area contributed by atoms with Crippen molar-refractivity contribution in [3.05, 3.63) is 51.2 Å². The van der Waals surface area contributed by atoms with Gasteiger partial charge in [-0.05, 0) is 47.0 Å². The minimum absolute atomic E-state index is 0.0214. The van der Waals surface area contributed by atoms with Gasteiger partial charge in [-0.1, -0.05) is 17.7 Å². The van der Waals surface area contributed by atoms with E-state index >= 15 is 0 Å². The number of amides is 1. The van der Waals surface area contributed by atoms with Crippen molar-refractivity contribution in [3.63, 3.8) is 0 Å². The van der Waals surface area contributed by atoms with E-state index in [0.717, 1.165) is 16.8 Å². The molecule has 6 heteroatoms. The molecule has 0 bridgehead atoms. The third kappa shape index (κ3) is 4.81. The normalized spacial score (nSPS) is 10.9. The van der Waals surface area contributed by atoms with Crippen LogP contribution in [0.25, 0.3) is 0 Å². The number of benzene rings is 1. The molecule has 0 aliphatic rings. The molecular weight excluding hydrogens is 320 g/mol. The Morgan fingerprint density at radius 1 is 1.41 bits per heavy atom. The fraction of sp³-hybridized carbons (Fsp3) is 0.312. The SMILES string of the molecule is Cc1c(Cl)cccc1NC(=O)CN(CCO)Cc1ccsc1. The van der Waals surface area contributed by atoms with Crippen molar-refractivity contribution in [2.24, 2.45) is 0 Å². The van der Waals surface area contributed by atoms with Crippen LogP contribution in [-0.2, 0) is 11.3 Å². The summed E-state index contributed by atoms with van der Waals surface area (Å²) in [7, 11) is 0. The Hall–Kier alpha value is -1.40. The van der Waals surface area contributed by atoms with Crippen LogP contribution in [0, 0.1) is 6.92 Å².